The molecule has 4 N–H and O–H groups in total. The summed E-state index contributed by atoms with van der Waals surface area (Å²) in [6.45, 7) is 1.57. The van der Waals surface area contributed by atoms with Crippen LogP contribution in [0.4, 0.5) is 4.39 Å². The molecule has 0 bridgehead atoms. The number of hydrogen-bond acceptors (Lipinski definition) is 3. The Bertz CT molecular complexity index is 297. The summed E-state index contributed by atoms with van der Waals surface area (Å²) in [5.41, 5.74) is 5.90. The number of hydrogen-bond donors (Lipinski definition) is 3. The highest BCUT2D eigenvalue weighted by atomic mass is 19.1. The maximum absolute atomic E-state index is 13.3. The van der Waals surface area contributed by atoms with Crippen molar-refractivity contribution < 1.29 is 14.6 Å². The Morgan fingerprint density at radius 2 is 2.07 bits per heavy atom. The Hall–Kier alpha value is -0.970. The number of halogens is 1. The molecule has 2 unspecified atom stereocenters. The van der Waals surface area contributed by atoms with Crippen LogP contribution in [0, 0.1) is 12.7 Å². The molecule has 0 aliphatic rings. The predicted molar refractivity (Wildman–Crippen MR) is 51.2 cm³/mol. The Morgan fingerprint density at radius 1 is 1.43 bits per heavy atom. The van der Waals surface area contributed by atoms with E-state index in [2.05, 4.69) is 0 Å². The molecule has 0 heterocycles. The molecule has 78 valence electrons. The zero-order chi connectivity index (χ0) is 10.7. The van der Waals surface area contributed by atoms with Crippen LogP contribution in [0.1, 0.15) is 17.2 Å². The molecule has 0 aromatic heterocycles. The summed E-state index contributed by atoms with van der Waals surface area (Å²) >= 11 is 0. The van der Waals surface area contributed by atoms with E-state index in [1.807, 2.05) is 0 Å². The lowest BCUT2D eigenvalue weighted by atomic mass is 9.99. The summed E-state index contributed by atoms with van der Waals surface area (Å²) in [5, 5.41) is 18.9. The highest BCUT2D eigenvalue weighted by Crippen LogP contribution is 2.23. The maximum Gasteiger partial charge on any atom is 0.129 e. The Kier molecular flexibility index (Phi) is 3.57. The van der Waals surface area contributed by atoms with E-state index in [9.17, 15) is 14.6 Å². The Balaban J connectivity index is 3.05. The molecule has 0 aliphatic heterocycles. The third-order valence-electron chi connectivity index (χ3n) is 2.17. The van der Waals surface area contributed by atoms with Crippen molar-refractivity contribution in [3.63, 3.8) is 0 Å². The molecule has 1 aromatic rings. The topological polar surface area (TPSA) is 66.5 Å². The molecular formula is C10H14FNO2. The molecule has 0 radical (unpaired) electrons. The van der Waals surface area contributed by atoms with Gasteiger partial charge < -0.3 is 15.9 Å². The van der Waals surface area contributed by atoms with Crippen LogP contribution in [-0.2, 0) is 0 Å². The fraction of sp³-hybridized carbons (Fsp3) is 0.400. The van der Waals surface area contributed by atoms with Crippen molar-refractivity contribution in [3.05, 3.63) is 35.1 Å². The lowest BCUT2D eigenvalue weighted by Gasteiger charge is -2.18. The minimum absolute atomic E-state index is 0.102. The lowest BCUT2D eigenvalue weighted by Crippen LogP contribution is -2.28. The molecule has 2 atom stereocenters. The van der Waals surface area contributed by atoms with Crippen LogP contribution in [0.3, 0.4) is 0 Å². The van der Waals surface area contributed by atoms with Crippen molar-refractivity contribution in [1.82, 2.24) is 0 Å². The van der Waals surface area contributed by atoms with Crippen molar-refractivity contribution in [2.45, 2.75) is 19.1 Å². The normalized spacial score (nSPS) is 15.2. The van der Waals surface area contributed by atoms with E-state index in [-0.39, 0.29) is 12.1 Å². The number of nitrogens with two attached hydrogens (primary N) is 1. The van der Waals surface area contributed by atoms with Gasteiger partial charge in [0, 0.05) is 12.1 Å². The second-order valence-corrected chi connectivity index (χ2v) is 3.22. The number of rotatable bonds is 3. The van der Waals surface area contributed by atoms with Gasteiger partial charge in [-0.2, -0.15) is 0 Å². The zero-order valence-corrected chi connectivity index (χ0v) is 7.94. The number of aliphatic hydroxyl groups is 2. The molecule has 0 aliphatic carbocycles. The SMILES string of the molecule is Cc1cccc(F)c1C(O)C(O)CN. The van der Waals surface area contributed by atoms with Crippen LogP contribution < -0.4 is 5.73 Å². The molecule has 4 heteroatoms. The first-order chi connectivity index (χ1) is 6.57. The molecule has 3 nitrogen and oxygen atoms in total. The number of benzene rings is 1. The van der Waals surface area contributed by atoms with Crippen LogP contribution in [-0.4, -0.2) is 22.9 Å². The van der Waals surface area contributed by atoms with Crippen molar-refractivity contribution in [3.8, 4) is 0 Å². The van der Waals surface area contributed by atoms with Crippen LogP contribution in [0.25, 0.3) is 0 Å². The first-order valence-electron chi connectivity index (χ1n) is 4.39. The quantitative estimate of drug-likeness (QED) is 0.663. The van der Waals surface area contributed by atoms with E-state index in [0.717, 1.165) is 0 Å². The van der Waals surface area contributed by atoms with E-state index < -0.39 is 18.0 Å². The molecule has 0 fully saturated rings. The average molecular weight is 199 g/mol. The smallest absolute Gasteiger partial charge is 0.129 e. The number of aliphatic hydroxyl groups excluding tert-OH is 2. The zero-order valence-electron chi connectivity index (χ0n) is 7.94. The largest absolute Gasteiger partial charge is 0.389 e. The molecule has 1 aromatic carbocycles. The van der Waals surface area contributed by atoms with E-state index in [1.165, 1.54) is 6.07 Å². The maximum atomic E-state index is 13.3. The fourth-order valence-electron chi connectivity index (χ4n) is 1.34. The van der Waals surface area contributed by atoms with E-state index in [4.69, 9.17) is 5.73 Å². The molecule has 0 saturated carbocycles. The van der Waals surface area contributed by atoms with Gasteiger partial charge in [-0.25, -0.2) is 4.39 Å². The highest BCUT2D eigenvalue weighted by Gasteiger charge is 2.21. The van der Waals surface area contributed by atoms with Gasteiger partial charge in [0.25, 0.3) is 0 Å². The van der Waals surface area contributed by atoms with Gasteiger partial charge in [-0.05, 0) is 18.6 Å². The molecule has 0 spiro atoms. The Labute approximate surface area is 82.0 Å². The molecule has 0 saturated heterocycles. The third kappa shape index (κ3) is 2.09. The second kappa shape index (κ2) is 4.50. The minimum Gasteiger partial charge on any atom is -0.389 e. The molecular weight excluding hydrogens is 185 g/mol. The lowest BCUT2D eigenvalue weighted by molar-refractivity contribution is 0.0218. The molecule has 0 amide bonds. The summed E-state index contributed by atoms with van der Waals surface area (Å²) in [4.78, 5) is 0. The van der Waals surface area contributed by atoms with Crippen molar-refractivity contribution in [1.29, 1.82) is 0 Å². The summed E-state index contributed by atoms with van der Waals surface area (Å²) in [6.07, 6.45) is -2.40. The fourth-order valence-corrected chi connectivity index (χ4v) is 1.34. The number of aryl methyl sites for hydroxylation is 1. The first kappa shape index (κ1) is 11.1. The van der Waals surface area contributed by atoms with E-state index in [1.54, 1.807) is 19.1 Å². The minimum atomic E-state index is -1.26. The van der Waals surface area contributed by atoms with Crippen molar-refractivity contribution in [2.75, 3.05) is 6.54 Å². The van der Waals surface area contributed by atoms with Gasteiger partial charge in [-0.3, -0.25) is 0 Å². The van der Waals surface area contributed by atoms with Gasteiger partial charge in [0.05, 0.1) is 6.10 Å². The summed E-state index contributed by atoms with van der Waals surface area (Å²) in [7, 11) is 0. The Morgan fingerprint density at radius 3 is 2.57 bits per heavy atom. The van der Waals surface area contributed by atoms with Crippen LogP contribution in [0.5, 0.6) is 0 Å². The van der Waals surface area contributed by atoms with Gasteiger partial charge in [-0.1, -0.05) is 12.1 Å². The van der Waals surface area contributed by atoms with Crippen LogP contribution in [0.2, 0.25) is 0 Å². The van der Waals surface area contributed by atoms with Crippen molar-refractivity contribution >= 4 is 0 Å². The predicted octanol–water partition coefficient (Wildman–Crippen LogP) is 0.487. The van der Waals surface area contributed by atoms with Crippen LogP contribution in [0.15, 0.2) is 18.2 Å². The van der Waals surface area contributed by atoms with Gasteiger partial charge in [-0.15, -0.1) is 0 Å². The highest BCUT2D eigenvalue weighted by molar-refractivity contribution is 5.30. The second-order valence-electron chi connectivity index (χ2n) is 3.22. The average Bonchev–Trinajstić information content (AvgIpc) is 2.16. The van der Waals surface area contributed by atoms with Gasteiger partial charge >= 0.3 is 0 Å². The third-order valence-corrected chi connectivity index (χ3v) is 2.17. The molecule has 14 heavy (non-hydrogen) atoms. The monoisotopic (exact) mass is 199 g/mol. The van der Waals surface area contributed by atoms with Crippen molar-refractivity contribution in [2.24, 2.45) is 5.73 Å². The standard InChI is InChI=1S/C10H14FNO2/c1-6-3-2-4-7(11)9(6)10(14)8(13)5-12/h2-4,8,10,13-14H,5,12H2,1H3. The van der Waals surface area contributed by atoms with Gasteiger partial charge in [0.1, 0.15) is 11.9 Å². The van der Waals surface area contributed by atoms with E-state index in [0.29, 0.717) is 5.56 Å². The molecule has 1 rings (SSSR count). The summed E-state index contributed by atoms with van der Waals surface area (Å²) in [5.74, 6) is -0.523. The van der Waals surface area contributed by atoms with Gasteiger partial charge in [0.15, 0.2) is 0 Å². The summed E-state index contributed by atoms with van der Waals surface area (Å²) in [6, 6.07) is 4.47. The van der Waals surface area contributed by atoms with E-state index >= 15 is 0 Å². The first-order valence-corrected chi connectivity index (χ1v) is 4.39. The van der Waals surface area contributed by atoms with Gasteiger partial charge in [0.2, 0.25) is 0 Å². The van der Waals surface area contributed by atoms with Crippen LogP contribution >= 0.6 is 0 Å². The summed E-state index contributed by atoms with van der Waals surface area (Å²) < 4.78 is 13.3.